The Bertz CT molecular complexity index is 416. The minimum atomic E-state index is 0.575. The molecule has 0 spiro atoms. The number of hydrogen-bond donors (Lipinski definition) is 0. The van der Waals surface area contributed by atoms with Gasteiger partial charge in [-0.15, -0.1) is 0 Å². The molecule has 1 aromatic carbocycles. The molecule has 0 bridgehead atoms. The van der Waals surface area contributed by atoms with Crippen molar-refractivity contribution in [1.29, 1.82) is 5.26 Å². The summed E-state index contributed by atoms with van der Waals surface area (Å²) in [7, 11) is 3.17. The average molecular weight is 203 g/mol. The van der Waals surface area contributed by atoms with E-state index in [-0.39, 0.29) is 0 Å². The van der Waals surface area contributed by atoms with E-state index in [1.165, 1.54) is 0 Å². The number of methoxy groups -OCH3 is 2. The van der Waals surface area contributed by atoms with E-state index in [2.05, 4.69) is 6.07 Å². The van der Waals surface area contributed by atoms with Crippen LogP contribution in [0.25, 0.3) is 5.57 Å². The third-order valence-electron chi connectivity index (χ3n) is 2.11. The highest BCUT2D eigenvalue weighted by Crippen LogP contribution is 2.29. The van der Waals surface area contributed by atoms with Crippen molar-refractivity contribution in [3.8, 4) is 17.6 Å². The zero-order chi connectivity index (χ0) is 11.3. The van der Waals surface area contributed by atoms with Gasteiger partial charge in [-0.1, -0.05) is 6.08 Å². The highest BCUT2D eigenvalue weighted by molar-refractivity contribution is 5.80. The molecule has 0 radical (unpaired) electrons. The molecule has 3 nitrogen and oxygen atoms in total. The summed E-state index contributed by atoms with van der Waals surface area (Å²) < 4.78 is 10.3. The van der Waals surface area contributed by atoms with Crippen LogP contribution in [0.2, 0.25) is 0 Å². The van der Waals surface area contributed by atoms with Gasteiger partial charge in [0.25, 0.3) is 0 Å². The monoisotopic (exact) mass is 203 g/mol. The number of hydrogen-bond acceptors (Lipinski definition) is 3. The van der Waals surface area contributed by atoms with Crippen LogP contribution in [0.3, 0.4) is 0 Å². The van der Waals surface area contributed by atoms with Crippen LogP contribution in [0, 0.1) is 11.3 Å². The van der Waals surface area contributed by atoms with Gasteiger partial charge < -0.3 is 9.47 Å². The Balaban J connectivity index is 3.30. The van der Waals surface area contributed by atoms with E-state index >= 15 is 0 Å². The second kappa shape index (κ2) is 5.06. The van der Waals surface area contributed by atoms with Gasteiger partial charge in [0.15, 0.2) is 0 Å². The number of nitrogens with zero attached hydrogens (tertiary/aromatic N) is 1. The number of benzene rings is 1. The molecular formula is C12H13NO2. The van der Waals surface area contributed by atoms with Gasteiger partial charge in [-0.25, -0.2) is 0 Å². The third kappa shape index (κ3) is 2.29. The second-order valence-corrected chi connectivity index (χ2v) is 2.88. The third-order valence-corrected chi connectivity index (χ3v) is 2.11. The molecule has 0 aliphatic heterocycles. The maximum atomic E-state index is 8.95. The van der Waals surface area contributed by atoms with Crippen LogP contribution in [-0.2, 0) is 0 Å². The van der Waals surface area contributed by atoms with Gasteiger partial charge in [0.05, 0.1) is 25.9 Å². The highest BCUT2D eigenvalue weighted by atomic mass is 16.5. The summed E-state index contributed by atoms with van der Waals surface area (Å²) in [5, 5.41) is 8.95. The van der Waals surface area contributed by atoms with E-state index in [1.807, 2.05) is 6.92 Å². The van der Waals surface area contributed by atoms with Crippen LogP contribution in [0.5, 0.6) is 11.5 Å². The molecule has 78 valence electrons. The maximum absolute atomic E-state index is 8.95. The van der Waals surface area contributed by atoms with Crippen molar-refractivity contribution >= 4 is 5.57 Å². The van der Waals surface area contributed by atoms with Gasteiger partial charge in [0.2, 0.25) is 0 Å². The van der Waals surface area contributed by atoms with E-state index in [1.54, 1.807) is 38.5 Å². The van der Waals surface area contributed by atoms with Crippen LogP contribution >= 0.6 is 0 Å². The smallest absolute Gasteiger partial charge is 0.127 e. The number of rotatable bonds is 3. The molecule has 15 heavy (non-hydrogen) atoms. The topological polar surface area (TPSA) is 42.2 Å². The maximum Gasteiger partial charge on any atom is 0.127 e. The minimum Gasteiger partial charge on any atom is -0.497 e. The molecule has 1 aromatic rings. The molecule has 3 heteroatoms. The Morgan fingerprint density at radius 3 is 2.53 bits per heavy atom. The first-order valence-electron chi connectivity index (χ1n) is 4.55. The lowest BCUT2D eigenvalue weighted by molar-refractivity contribution is 0.402. The largest absolute Gasteiger partial charge is 0.497 e. The van der Waals surface area contributed by atoms with E-state index in [9.17, 15) is 0 Å². The molecule has 0 N–H and O–H groups in total. The quantitative estimate of drug-likeness (QED) is 0.709. The van der Waals surface area contributed by atoms with Crippen molar-refractivity contribution in [2.75, 3.05) is 14.2 Å². The fourth-order valence-corrected chi connectivity index (χ4v) is 1.30. The molecule has 0 amide bonds. The summed E-state index contributed by atoms with van der Waals surface area (Å²) in [4.78, 5) is 0. The summed E-state index contributed by atoms with van der Waals surface area (Å²) in [6, 6.07) is 7.49. The van der Waals surface area contributed by atoms with Crippen molar-refractivity contribution in [1.82, 2.24) is 0 Å². The van der Waals surface area contributed by atoms with Crippen molar-refractivity contribution in [2.45, 2.75) is 6.92 Å². The number of allylic oxidation sites excluding steroid dienone is 2. The molecule has 0 atom stereocenters. The summed E-state index contributed by atoms with van der Waals surface area (Å²) in [6.07, 6.45) is 1.75. The van der Waals surface area contributed by atoms with Crippen molar-refractivity contribution in [3.63, 3.8) is 0 Å². The van der Waals surface area contributed by atoms with E-state index in [4.69, 9.17) is 14.7 Å². The van der Waals surface area contributed by atoms with Gasteiger partial charge in [0.1, 0.15) is 11.5 Å². The van der Waals surface area contributed by atoms with Crippen molar-refractivity contribution in [3.05, 3.63) is 29.8 Å². The van der Waals surface area contributed by atoms with E-state index in [0.717, 1.165) is 5.56 Å². The number of nitriles is 1. The van der Waals surface area contributed by atoms with Crippen LogP contribution in [0.15, 0.2) is 24.3 Å². The first-order chi connectivity index (χ1) is 7.26. The van der Waals surface area contributed by atoms with Crippen LogP contribution in [0.4, 0.5) is 0 Å². The molecule has 0 heterocycles. The first-order valence-corrected chi connectivity index (χ1v) is 4.55. The molecule has 0 aromatic heterocycles. The Morgan fingerprint density at radius 2 is 2.07 bits per heavy atom. The SMILES string of the molecule is C/C=C(\C#N)c1cc(OC)ccc1OC. The zero-order valence-electron chi connectivity index (χ0n) is 9.07. The molecule has 0 unspecified atom stereocenters. The minimum absolute atomic E-state index is 0.575. The fourth-order valence-electron chi connectivity index (χ4n) is 1.30. The summed E-state index contributed by atoms with van der Waals surface area (Å²) in [6.45, 7) is 1.82. The standard InChI is InChI=1S/C12H13NO2/c1-4-9(8-13)11-7-10(14-2)5-6-12(11)15-3/h4-7H,1-3H3/b9-4+. The lowest BCUT2D eigenvalue weighted by atomic mass is 10.1. The molecule has 0 saturated heterocycles. The highest BCUT2D eigenvalue weighted by Gasteiger charge is 2.08. The van der Waals surface area contributed by atoms with Gasteiger partial charge >= 0.3 is 0 Å². The number of ether oxygens (including phenoxy) is 2. The summed E-state index contributed by atoms with van der Waals surface area (Å²) in [5.41, 5.74) is 1.33. The normalized spacial score (nSPS) is 10.7. The van der Waals surface area contributed by atoms with Gasteiger partial charge in [-0.2, -0.15) is 5.26 Å². The average Bonchev–Trinajstić information content (AvgIpc) is 2.30. The fraction of sp³-hybridized carbons (Fsp3) is 0.250. The predicted octanol–water partition coefficient (Wildman–Crippen LogP) is 2.63. The predicted molar refractivity (Wildman–Crippen MR) is 58.8 cm³/mol. The van der Waals surface area contributed by atoms with Crippen molar-refractivity contribution < 1.29 is 9.47 Å². The Labute approximate surface area is 89.6 Å². The van der Waals surface area contributed by atoms with E-state index in [0.29, 0.717) is 17.1 Å². The lowest BCUT2D eigenvalue weighted by Gasteiger charge is -2.09. The first kappa shape index (κ1) is 11.1. The van der Waals surface area contributed by atoms with Gasteiger partial charge in [-0.3, -0.25) is 0 Å². The molecule has 0 fully saturated rings. The van der Waals surface area contributed by atoms with Crippen LogP contribution in [0.1, 0.15) is 12.5 Å². The Hall–Kier alpha value is -1.95. The zero-order valence-corrected chi connectivity index (χ0v) is 9.07. The van der Waals surface area contributed by atoms with E-state index < -0.39 is 0 Å². The molecule has 0 aliphatic rings. The Morgan fingerprint density at radius 1 is 1.33 bits per heavy atom. The van der Waals surface area contributed by atoms with Crippen LogP contribution in [-0.4, -0.2) is 14.2 Å². The lowest BCUT2D eigenvalue weighted by Crippen LogP contribution is -1.92. The molecule has 0 saturated carbocycles. The second-order valence-electron chi connectivity index (χ2n) is 2.88. The molecular weight excluding hydrogens is 190 g/mol. The molecule has 0 aliphatic carbocycles. The summed E-state index contributed by atoms with van der Waals surface area (Å²) >= 11 is 0. The van der Waals surface area contributed by atoms with Gasteiger partial charge in [-0.05, 0) is 25.1 Å². The summed E-state index contributed by atoms with van der Waals surface area (Å²) in [5.74, 6) is 1.38. The molecule has 1 rings (SSSR count). The van der Waals surface area contributed by atoms with Crippen LogP contribution < -0.4 is 9.47 Å². The van der Waals surface area contributed by atoms with Crippen molar-refractivity contribution in [2.24, 2.45) is 0 Å². The Kier molecular flexibility index (Phi) is 3.75. The van der Waals surface area contributed by atoms with Gasteiger partial charge in [0, 0.05) is 5.56 Å².